The maximum absolute atomic E-state index is 14.2. The molecule has 1 unspecified atom stereocenters. The highest BCUT2D eigenvalue weighted by molar-refractivity contribution is 7.96. The summed E-state index contributed by atoms with van der Waals surface area (Å²) in [6.07, 6.45) is -52.8. The van der Waals surface area contributed by atoms with Gasteiger partial charge in [0.05, 0.1) is 44.5 Å². The second-order valence-corrected chi connectivity index (χ2v) is 18.5. The van der Waals surface area contributed by atoms with Crippen LogP contribution in [0.3, 0.4) is 0 Å². The van der Waals surface area contributed by atoms with E-state index < -0.39 is 195 Å². The smallest absolute Gasteiger partial charge is 0.289 e. The van der Waals surface area contributed by atoms with Gasteiger partial charge in [0.15, 0.2) is 10.6 Å². The van der Waals surface area contributed by atoms with Gasteiger partial charge in [0.25, 0.3) is 0 Å². The molecule has 0 saturated heterocycles. The van der Waals surface area contributed by atoms with Crippen LogP contribution in [-0.2, 0) is 60.3 Å². The van der Waals surface area contributed by atoms with E-state index in [9.17, 15) is 110 Å². The summed E-state index contributed by atoms with van der Waals surface area (Å²) in [5.41, 5.74) is -20.4. The van der Waals surface area contributed by atoms with Crippen molar-refractivity contribution in [2.75, 3.05) is 12.0 Å². The van der Waals surface area contributed by atoms with Gasteiger partial charge in [-0.2, -0.15) is 127 Å². The fraction of sp³-hybridized carbons (Fsp3) is 0.213. The summed E-state index contributed by atoms with van der Waals surface area (Å²) >= 11 is 0. The molecule has 6 aromatic carbocycles. The Morgan fingerprint density at radius 1 is 0.416 bits per heavy atom. The van der Waals surface area contributed by atoms with E-state index >= 15 is 0 Å². The van der Waals surface area contributed by atoms with Crippen molar-refractivity contribution < 1.29 is 110 Å². The molecule has 30 heteroatoms. The second kappa shape index (κ2) is 21.5. The van der Waals surface area contributed by atoms with Gasteiger partial charge in [-0.1, -0.05) is 96.1 Å². The van der Waals surface area contributed by atoms with Gasteiger partial charge in [0, 0.05) is 33.1 Å². The number of Topliss-reactive ketones (excluding diaryl/α,β-unsaturated/α-hetero) is 1. The van der Waals surface area contributed by atoms with Gasteiger partial charge in [-0.05, 0) is 35.9 Å². The number of alkyl halides is 24. The predicted molar refractivity (Wildman–Crippen MR) is 233 cm³/mol. The molecule has 0 radical (unpaired) electrons. The highest BCUT2D eigenvalue weighted by Gasteiger charge is 2.47. The molecule has 0 bridgehead atoms. The van der Waals surface area contributed by atoms with Crippen LogP contribution >= 0.6 is 0 Å². The van der Waals surface area contributed by atoms with Gasteiger partial charge in [-0.25, -0.2) is 0 Å². The van der Waals surface area contributed by atoms with Crippen molar-refractivity contribution in [2.24, 2.45) is 5.11 Å². The third-order valence-electron chi connectivity index (χ3n) is 11.3. The fourth-order valence-corrected chi connectivity index (χ4v) is 9.23. The molecule has 0 fully saturated rings. The molecule has 0 aliphatic rings. The summed E-state index contributed by atoms with van der Waals surface area (Å²) in [7, 11) is -0.211. The minimum Gasteiger partial charge on any atom is -0.289 e. The van der Waals surface area contributed by atoms with E-state index in [-0.39, 0.29) is 16.7 Å². The summed E-state index contributed by atoms with van der Waals surface area (Å²) < 4.78 is 341. The van der Waals surface area contributed by atoms with Crippen LogP contribution in [0.4, 0.5) is 111 Å². The van der Waals surface area contributed by atoms with E-state index in [4.69, 9.17) is 5.53 Å². The maximum atomic E-state index is 14.2. The number of hydrogen-bond acceptors (Lipinski definition) is 2. The normalized spacial score (nSPS) is 13.6. The number of carbonyl (C=O) groups excluding carboxylic acids is 1. The van der Waals surface area contributed by atoms with Crippen molar-refractivity contribution in [1.82, 2.24) is 0 Å². The quantitative estimate of drug-likeness (QED) is 0.0271. The molecule has 1 atom stereocenters. The minimum absolute atomic E-state index is 0.130. The third-order valence-corrected chi connectivity index (χ3v) is 13.0. The lowest BCUT2D eigenvalue weighted by atomic mass is 9.12. The molecule has 0 saturated carbocycles. The Morgan fingerprint density at radius 2 is 0.688 bits per heavy atom. The molecule has 0 aliphatic carbocycles. The predicted octanol–water partition coefficient (Wildman–Crippen LogP) is 15.3. The van der Waals surface area contributed by atoms with Gasteiger partial charge < -0.3 is 0 Å². The molecule has 0 aromatic heterocycles. The molecular weight excluding hydrogens is 1120 g/mol. The summed E-state index contributed by atoms with van der Waals surface area (Å²) in [6.45, 7) is 0. The number of azide groups is 1. The van der Waals surface area contributed by atoms with E-state index in [0.29, 0.717) is 11.4 Å². The Labute approximate surface area is 419 Å². The maximum Gasteiger partial charge on any atom is 0.416 e. The summed E-state index contributed by atoms with van der Waals surface area (Å²) in [4.78, 5) is 16.0. The minimum atomic E-state index is -6.13. The van der Waals surface area contributed by atoms with Crippen LogP contribution in [-0.4, -0.2) is 23.9 Å². The SMILES string of the molecule is C[S+](CC(=O)c1ccccc1)c1cccc(N=[N+]=[N-])c1.FC(F)(F)c1cc([B-](c2cc(C(F)(F)F)cc(C(F)(F)F)c2)(c2cc(C(F)(F)F)cc(C(F)(F)F)c2)c2cc(C(F)(F)F)cc(C(F)(F)F)c2)cc(C(F)(F)F)c1. The van der Waals surface area contributed by atoms with Gasteiger partial charge in [-0.3, -0.25) is 4.79 Å². The summed E-state index contributed by atoms with van der Waals surface area (Å²) in [5, 5.41) is 3.59. The average molecular weight is 1150 g/mol. The summed E-state index contributed by atoms with van der Waals surface area (Å²) in [5.74, 6) is 0.592. The van der Waals surface area contributed by atoms with Crippen molar-refractivity contribution in [3.8, 4) is 0 Å². The number of ketones is 1. The molecule has 0 amide bonds. The highest BCUT2D eigenvalue weighted by Crippen LogP contribution is 2.41. The number of rotatable bonds is 9. The monoisotopic (exact) mass is 1150 g/mol. The average Bonchev–Trinajstić information content (AvgIpc) is 3.30. The van der Waals surface area contributed by atoms with Crippen LogP contribution in [0.5, 0.6) is 0 Å². The van der Waals surface area contributed by atoms with Crippen LogP contribution in [0, 0.1) is 0 Å². The van der Waals surface area contributed by atoms with Crippen molar-refractivity contribution >= 4 is 50.4 Å². The molecule has 0 aliphatic heterocycles. The van der Waals surface area contributed by atoms with E-state index in [0.717, 1.165) is 10.5 Å². The van der Waals surface area contributed by atoms with Crippen LogP contribution in [0.15, 0.2) is 137 Å². The molecule has 6 rings (SSSR count). The number of halogens is 24. The molecule has 0 heterocycles. The van der Waals surface area contributed by atoms with E-state index in [1.807, 2.05) is 54.8 Å². The lowest BCUT2D eigenvalue weighted by molar-refractivity contribution is -0.144. The molecule has 412 valence electrons. The van der Waals surface area contributed by atoms with Crippen molar-refractivity contribution in [1.29, 1.82) is 0 Å². The Hall–Kier alpha value is -6.97. The molecule has 0 N–H and O–H groups in total. The topological polar surface area (TPSA) is 65.8 Å². The van der Waals surface area contributed by atoms with Crippen molar-refractivity contribution in [3.63, 3.8) is 0 Å². The standard InChI is InChI=1S/C32H12BF24.C15H14N3OS/c34-25(35,36)13-1-14(26(37,38)39)6-21(5-13)33(22-7-15(27(40,41)42)2-16(8-22)28(43,44)45,23-9-17(29(46,47)48)3-18(10-23)30(49,50)51)24-11-19(31(52,53)54)4-20(12-24)32(55,56)57;1-20(11-15(19)12-6-3-2-4-7-12)14-9-5-8-13(10-14)17-18-16/h1-12H;2-10H,11H2,1H3/q-1;+1. The van der Waals surface area contributed by atoms with Gasteiger partial charge in [0.1, 0.15) is 12.4 Å². The Bertz CT molecular complexity index is 2730. The molecule has 4 nitrogen and oxygen atoms in total. The summed E-state index contributed by atoms with van der Waals surface area (Å²) in [6, 6.07) is 7.85. The van der Waals surface area contributed by atoms with E-state index in [1.54, 1.807) is 6.07 Å². The van der Waals surface area contributed by atoms with Crippen molar-refractivity contribution in [3.05, 3.63) is 188 Å². The highest BCUT2D eigenvalue weighted by atomic mass is 32.2. The molecule has 77 heavy (non-hydrogen) atoms. The number of benzene rings is 6. The van der Waals surface area contributed by atoms with Gasteiger partial charge in [0.2, 0.25) is 5.78 Å². The molecular formula is C47H26BF24N3OS. The van der Waals surface area contributed by atoms with Crippen LogP contribution in [0.25, 0.3) is 10.4 Å². The second-order valence-electron chi connectivity index (χ2n) is 16.5. The third kappa shape index (κ3) is 14.5. The Balaban J connectivity index is 0.000000455. The van der Waals surface area contributed by atoms with Gasteiger partial charge >= 0.3 is 49.4 Å². The number of hydrogen-bond donors (Lipinski definition) is 0. The zero-order chi connectivity index (χ0) is 58.3. The Kier molecular flexibility index (Phi) is 17.0. The van der Waals surface area contributed by atoms with Crippen molar-refractivity contribution in [2.45, 2.75) is 54.3 Å². The first-order valence-electron chi connectivity index (χ1n) is 20.7. The van der Waals surface area contributed by atoms with E-state index in [1.165, 1.54) is 0 Å². The van der Waals surface area contributed by atoms with Crippen LogP contribution in [0.2, 0.25) is 0 Å². The van der Waals surface area contributed by atoms with Crippen LogP contribution < -0.4 is 21.9 Å². The van der Waals surface area contributed by atoms with E-state index in [2.05, 4.69) is 10.0 Å². The lowest BCUT2D eigenvalue weighted by Crippen LogP contribution is -2.75. The number of carbonyl (C=O) groups is 1. The first kappa shape index (κ1) is 60.9. The number of nitrogens with zero attached hydrogens (tertiary/aromatic N) is 3. The zero-order valence-corrected chi connectivity index (χ0v) is 38.5. The van der Waals surface area contributed by atoms with Crippen LogP contribution in [0.1, 0.15) is 54.9 Å². The molecule has 6 aromatic rings. The zero-order valence-electron chi connectivity index (χ0n) is 37.6. The lowest BCUT2D eigenvalue weighted by Gasteiger charge is -2.46. The molecule has 0 spiro atoms. The van der Waals surface area contributed by atoms with Gasteiger partial charge in [-0.15, -0.1) is 0 Å². The fourth-order valence-electron chi connectivity index (χ4n) is 7.87. The first-order chi connectivity index (χ1) is 35.0. The largest absolute Gasteiger partial charge is 0.416 e. The Morgan fingerprint density at radius 3 is 0.935 bits per heavy atom. The first-order valence-corrected chi connectivity index (χ1v) is 22.5.